The molecule has 1 aromatic carbocycles. The van der Waals surface area contributed by atoms with E-state index in [-0.39, 0.29) is 11.1 Å². The number of para-hydroxylation sites is 1. The van der Waals surface area contributed by atoms with Crippen molar-refractivity contribution in [3.8, 4) is 11.8 Å². The van der Waals surface area contributed by atoms with Crippen molar-refractivity contribution in [3.05, 3.63) is 46.2 Å². The molecule has 2 rings (SSSR count). The Morgan fingerprint density at radius 1 is 1.37 bits per heavy atom. The van der Waals surface area contributed by atoms with Gasteiger partial charge >= 0.3 is 5.97 Å². The van der Waals surface area contributed by atoms with Crippen LogP contribution < -0.4 is 5.56 Å². The van der Waals surface area contributed by atoms with Crippen molar-refractivity contribution in [2.24, 2.45) is 0 Å². The van der Waals surface area contributed by atoms with Gasteiger partial charge in [-0.3, -0.25) is 4.79 Å². The highest BCUT2D eigenvalue weighted by atomic mass is 16.4. The lowest BCUT2D eigenvalue weighted by Crippen LogP contribution is -2.22. The van der Waals surface area contributed by atoms with Gasteiger partial charge in [0.2, 0.25) is 0 Å². The van der Waals surface area contributed by atoms with E-state index < -0.39 is 5.97 Å². The third kappa shape index (κ3) is 2.50. The Labute approximate surface area is 110 Å². The highest BCUT2D eigenvalue weighted by Gasteiger charge is 2.12. The minimum Gasteiger partial charge on any atom is -0.478 e. The topological polar surface area (TPSA) is 59.3 Å². The van der Waals surface area contributed by atoms with Crippen LogP contribution >= 0.6 is 0 Å². The van der Waals surface area contributed by atoms with Crippen LogP contribution in [0.2, 0.25) is 0 Å². The maximum atomic E-state index is 12.0. The van der Waals surface area contributed by atoms with Gasteiger partial charge in [-0.15, -0.1) is 11.8 Å². The average molecular weight is 255 g/mol. The molecule has 96 valence electrons. The number of pyridine rings is 1. The fraction of sp³-hybridized carbons (Fsp3) is 0.200. The summed E-state index contributed by atoms with van der Waals surface area (Å²) in [5.41, 5.74) is 0.359. The molecule has 1 aromatic heterocycles. The van der Waals surface area contributed by atoms with E-state index >= 15 is 0 Å². The van der Waals surface area contributed by atoms with E-state index in [0.717, 1.165) is 0 Å². The van der Waals surface area contributed by atoms with E-state index in [1.54, 1.807) is 35.8 Å². The number of aryl methyl sites for hydroxylation is 1. The first kappa shape index (κ1) is 12.9. The van der Waals surface area contributed by atoms with Gasteiger partial charge in [0.1, 0.15) is 0 Å². The van der Waals surface area contributed by atoms with Crippen LogP contribution in [0.1, 0.15) is 23.7 Å². The van der Waals surface area contributed by atoms with Crippen molar-refractivity contribution in [2.75, 3.05) is 0 Å². The molecule has 4 nitrogen and oxygen atoms in total. The van der Waals surface area contributed by atoms with Gasteiger partial charge in [0, 0.05) is 24.4 Å². The van der Waals surface area contributed by atoms with Gasteiger partial charge in [0.15, 0.2) is 0 Å². The summed E-state index contributed by atoms with van der Waals surface area (Å²) < 4.78 is 1.56. The van der Waals surface area contributed by atoms with E-state index in [1.807, 2.05) is 0 Å². The molecular weight excluding hydrogens is 242 g/mol. The molecule has 0 aliphatic heterocycles. The normalized spacial score (nSPS) is 9.95. The van der Waals surface area contributed by atoms with Crippen LogP contribution in [0.3, 0.4) is 0 Å². The summed E-state index contributed by atoms with van der Waals surface area (Å²) in [6, 6.07) is 8.18. The Morgan fingerprint density at radius 2 is 2.11 bits per heavy atom. The summed E-state index contributed by atoms with van der Waals surface area (Å²) in [5, 5.41) is 9.71. The van der Waals surface area contributed by atoms with Crippen LogP contribution in [0.25, 0.3) is 10.9 Å². The van der Waals surface area contributed by atoms with Crippen LogP contribution in [-0.2, 0) is 6.54 Å². The van der Waals surface area contributed by atoms with Gasteiger partial charge < -0.3 is 9.67 Å². The first-order valence-corrected chi connectivity index (χ1v) is 5.90. The number of nitrogens with zero attached hydrogens (tertiary/aromatic N) is 1. The van der Waals surface area contributed by atoms with Crippen LogP contribution in [0.15, 0.2) is 35.1 Å². The first-order chi connectivity index (χ1) is 9.15. The number of benzene rings is 1. The molecule has 0 aliphatic rings. The Morgan fingerprint density at radius 3 is 2.79 bits per heavy atom. The van der Waals surface area contributed by atoms with Crippen molar-refractivity contribution in [2.45, 2.75) is 19.9 Å². The lowest BCUT2D eigenvalue weighted by molar-refractivity contribution is 0.0698. The molecule has 0 amide bonds. The predicted molar refractivity (Wildman–Crippen MR) is 73.2 cm³/mol. The van der Waals surface area contributed by atoms with E-state index in [4.69, 9.17) is 5.11 Å². The molecule has 2 aromatic rings. The molecular formula is C15H13NO3. The Hall–Kier alpha value is -2.54. The molecule has 0 atom stereocenters. The zero-order valence-electron chi connectivity index (χ0n) is 10.5. The van der Waals surface area contributed by atoms with Gasteiger partial charge in [-0.1, -0.05) is 18.2 Å². The zero-order chi connectivity index (χ0) is 13.8. The standard InChI is InChI=1S/C15H13NO3/c1-2-3-6-9-16-13-8-5-4-7-11(13)12(15(18)19)10-14(16)17/h4-5,7-8,10H,6,9H2,1H3,(H,18,19). The number of hydrogen-bond donors (Lipinski definition) is 1. The molecule has 0 saturated carbocycles. The van der Waals surface area contributed by atoms with E-state index in [0.29, 0.717) is 23.9 Å². The monoisotopic (exact) mass is 255 g/mol. The first-order valence-electron chi connectivity index (χ1n) is 5.90. The second-order valence-corrected chi connectivity index (χ2v) is 4.05. The lowest BCUT2D eigenvalue weighted by atomic mass is 10.1. The number of carbonyl (C=O) groups is 1. The van der Waals surface area contributed by atoms with Crippen molar-refractivity contribution in [1.82, 2.24) is 4.57 Å². The summed E-state index contributed by atoms with van der Waals surface area (Å²) in [4.78, 5) is 23.2. The fourth-order valence-electron chi connectivity index (χ4n) is 2.03. The van der Waals surface area contributed by atoms with Gasteiger partial charge in [-0.2, -0.15) is 0 Å². The summed E-state index contributed by atoms with van der Waals surface area (Å²) in [7, 11) is 0. The van der Waals surface area contributed by atoms with Crippen LogP contribution in [0, 0.1) is 11.8 Å². The van der Waals surface area contributed by atoms with Gasteiger partial charge in [0.25, 0.3) is 5.56 Å². The summed E-state index contributed by atoms with van der Waals surface area (Å²) in [6.45, 7) is 2.20. The lowest BCUT2D eigenvalue weighted by Gasteiger charge is -2.10. The number of aromatic carboxylic acids is 1. The minimum atomic E-state index is -1.09. The van der Waals surface area contributed by atoms with Crippen molar-refractivity contribution in [3.63, 3.8) is 0 Å². The fourth-order valence-corrected chi connectivity index (χ4v) is 2.03. The number of fused-ring (bicyclic) bond motifs is 1. The smallest absolute Gasteiger partial charge is 0.336 e. The highest BCUT2D eigenvalue weighted by molar-refractivity contribution is 6.02. The van der Waals surface area contributed by atoms with Crippen LogP contribution in [0.4, 0.5) is 0 Å². The van der Waals surface area contributed by atoms with Crippen molar-refractivity contribution < 1.29 is 9.90 Å². The minimum absolute atomic E-state index is 0.0402. The summed E-state index contributed by atoms with van der Waals surface area (Å²) in [6.07, 6.45) is 0.562. The molecule has 1 N–H and O–H groups in total. The zero-order valence-corrected chi connectivity index (χ0v) is 10.5. The molecule has 1 heterocycles. The van der Waals surface area contributed by atoms with Gasteiger partial charge in [-0.05, 0) is 13.0 Å². The Balaban J connectivity index is 2.67. The third-order valence-corrected chi connectivity index (χ3v) is 2.89. The summed E-state index contributed by atoms with van der Waals surface area (Å²) in [5.74, 6) is 4.59. The quantitative estimate of drug-likeness (QED) is 0.854. The third-order valence-electron chi connectivity index (χ3n) is 2.89. The van der Waals surface area contributed by atoms with Gasteiger partial charge in [-0.25, -0.2) is 4.79 Å². The van der Waals surface area contributed by atoms with E-state index in [2.05, 4.69) is 11.8 Å². The molecule has 0 saturated heterocycles. The number of rotatable bonds is 3. The van der Waals surface area contributed by atoms with Crippen LogP contribution in [0.5, 0.6) is 0 Å². The predicted octanol–water partition coefficient (Wildman–Crippen LogP) is 2.11. The average Bonchev–Trinajstić information content (AvgIpc) is 2.40. The molecule has 0 fully saturated rings. The molecule has 4 heteroatoms. The highest BCUT2D eigenvalue weighted by Crippen LogP contribution is 2.17. The Bertz CT molecular complexity index is 747. The number of hydrogen-bond acceptors (Lipinski definition) is 2. The number of carboxylic acids is 1. The second-order valence-electron chi connectivity index (χ2n) is 4.05. The Kier molecular flexibility index (Phi) is 3.67. The number of aromatic nitrogens is 1. The van der Waals surface area contributed by atoms with Crippen molar-refractivity contribution >= 4 is 16.9 Å². The maximum Gasteiger partial charge on any atom is 0.336 e. The van der Waals surface area contributed by atoms with Crippen molar-refractivity contribution in [1.29, 1.82) is 0 Å². The summed E-state index contributed by atoms with van der Waals surface area (Å²) >= 11 is 0. The maximum absolute atomic E-state index is 12.0. The molecule has 0 unspecified atom stereocenters. The molecule has 0 spiro atoms. The SMILES string of the molecule is CC#CCCn1c(=O)cc(C(=O)O)c2ccccc21. The van der Waals surface area contributed by atoms with E-state index in [9.17, 15) is 9.59 Å². The molecule has 19 heavy (non-hydrogen) atoms. The molecule has 0 aliphatic carbocycles. The molecule has 0 bridgehead atoms. The van der Waals surface area contributed by atoms with Gasteiger partial charge in [0.05, 0.1) is 11.1 Å². The molecule has 0 radical (unpaired) electrons. The second kappa shape index (κ2) is 5.40. The largest absolute Gasteiger partial charge is 0.478 e. The van der Waals surface area contributed by atoms with E-state index in [1.165, 1.54) is 6.07 Å². The van der Waals surface area contributed by atoms with Crippen LogP contribution in [-0.4, -0.2) is 15.6 Å². The number of carboxylic acid groups (broad SMARTS) is 1.